The molecule has 0 heterocycles. The number of nitrogen functional groups attached to an aromatic ring is 1. The summed E-state index contributed by atoms with van der Waals surface area (Å²) >= 11 is 5.95. The number of sulfonamides is 1. The number of nitrogens with two attached hydrogens (primary N) is 1. The first-order valence-electron chi connectivity index (χ1n) is 6.90. The molecule has 120 valence electrons. The fraction of sp³-hybridized carbons (Fsp3) is 0.571. The van der Waals surface area contributed by atoms with E-state index in [1.54, 1.807) is 6.92 Å². The van der Waals surface area contributed by atoms with Crippen molar-refractivity contribution >= 4 is 27.3 Å². The Morgan fingerprint density at radius 2 is 2.00 bits per heavy atom. The van der Waals surface area contributed by atoms with Crippen LogP contribution in [0.2, 0.25) is 5.02 Å². The molecule has 5 nitrogen and oxygen atoms in total. The zero-order chi connectivity index (χ0) is 16.2. The van der Waals surface area contributed by atoms with E-state index in [-0.39, 0.29) is 10.6 Å². The third kappa shape index (κ3) is 5.14. The molecule has 0 aromatic heterocycles. The highest BCUT2D eigenvalue weighted by atomic mass is 35.5. The summed E-state index contributed by atoms with van der Waals surface area (Å²) in [6.07, 6.45) is 0.746. The number of halogens is 1. The maximum atomic E-state index is 12.2. The van der Waals surface area contributed by atoms with E-state index in [4.69, 9.17) is 17.3 Å². The predicted molar refractivity (Wildman–Crippen MR) is 88.2 cm³/mol. The first-order valence-corrected chi connectivity index (χ1v) is 8.76. The molecule has 0 aliphatic rings. The van der Waals surface area contributed by atoms with Crippen LogP contribution in [0.4, 0.5) is 5.69 Å². The Morgan fingerprint density at radius 3 is 2.52 bits per heavy atom. The van der Waals surface area contributed by atoms with Crippen LogP contribution >= 0.6 is 11.6 Å². The van der Waals surface area contributed by atoms with Crippen LogP contribution in [0.25, 0.3) is 0 Å². The number of aryl methyl sites for hydroxylation is 1. The topological polar surface area (TPSA) is 75.4 Å². The Kier molecular flexibility index (Phi) is 6.46. The molecule has 0 aliphatic heterocycles. The molecule has 0 saturated carbocycles. The first kappa shape index (κ1) is 18.2. The number of anilines is 1. The summed E-state index contributed by atoms with van der Waals surface area (Å²) in [5.41, 5.74) is 6.64. The summed E-state index contributed by atoms with van der Waals surface area (Å²) in [5.74, 6) is 0. The second-order valence-corrected chi connectivity index (χ2v) is 7.61. The minimum Gasteiger partial charge on any atom is -0.397 e. The molecule has 3 N–H and O–H groups in total. The van der Waals surface area contributed by atoms with Crippen molar-refractivity contribution in [2.75, 3.05) is 25.9 Å². The SMILES string of the molecule is Cc1cc(S(=O)(=O)NCCCN(C)C(C)C)cc(N)c1Cl. The zero-order valence-corrected chi connectivity index (χ0v) is 14.6. The summed E-state index contributed by atoms with van der Waals surface area (Å²) in [7, 11) is -1.53. The van der Waals surface area contributed by atoms with Crippen molar-refractivity contribution in [1.29, 1.82) is 0 Å². The number of hydrogen-bond donors (Lipinski definition) is 2. The van der Waals surface area contributed by atoms with Gasteiger partial charge in [0.05, 0.1) is 15.6 Å². The van der Waals surface area contributed by atoms with Gasteiger partial charge in [0.15, 0.2) is 0 Å². The lowest BCUT2D eigenvalue weighted by Gasteiger charge is -2.20. The van der Waals surface area contributed by atoms with Crippen molar-refractivity contribution in [2.24, 2.45) is 0 Å². The molecule has 0 spiro atoms. The average Bonchev–Trinajstić information content (AvgIpc) is 2.39. The van der Waals surface area contributed by atoms with Crippen molar-refractivity contribution in [3.8, 4) is 0 Å². The summed E-state index contributed by atoms with van der Waals surface area (Å²) in [6.45, 7) is 7.16. The summed E-state index contributed by atoms with van der Waals surface area (Å²) in [4.78, 5) is 2.32. The smallest absolute Gasteiger partial charge is 0.240 e. The molecule has 1 aromatic rings. The van der Waals surface area contributed by atoms with Gasteiger partial charge in [-0.3, -0.25) is 0 Å². The highest BCUT2D eigenvalue weighted by Crippen LogP contribution is 2.26. The standard InChI is InChI=1S/C14H24ClN3O2S/c1-10(2)18(4)7-5-6-17-21(19,20)12-8-11(3)14(15)13(16)9-12/h8-10,17H,5-7,16H2,1-4H3. The molecular weight excluding hydrogens is 310 g/mol. The zero-order valence-electron chi connectivity index (χ0n) is 13.0. The lowest BCUT2D eigenvalue weighted by Crippen LogP contribution is -2.31. The van der Waals surface area contributed by atoms with E-state index in [9.17, 15) is 8.42 Å². The third-order valence-corrected chi connectivity index (χ3v) is 5.38. The van der Waals surface area contributed by atoms with E-state index in [0.29, 0.717) is 23.2 Å². The lowest BCUT2D eigenvalue weighted by atomic mass is 10.2. The van der Waals surface area contributed by atoms with Gasteiger partial charge in [-0.05, 0) is 58.5 Å². The normalized spacial score (nSPS) is 12.3. The van der Waals surface area contributed by atoms with Crippen LogP contribution in [0.3, 0.4) is 0 Å². The molecular formula is C14H24ClN3O2S. The van der Waals surface area contributed by atoms with Gasteiger partial charge in [0.25, 0.3) is 0 Å². The first-order chi connectivity index (χ1) is 9.65. The molecule has 0 saturated heterocycles. The lowest BCUT2D eigenvalue weighted by molar-refractivity contribution is 0.271. The highest BCUT2D eigenvalue weighted by Gasteiger charge is 2.16. The quantitative estimate of drug-likeness (QED) is 0.592. The van der Waals surface area contributed by atoms with Crippen LogP contribution in [0.1, 0.15) is 25.8 Å². The summed E-state index contributed by atoms with van der Waals surface area (Å²) < 4.78 is 27.0. The molecule has 7 heteroatoms. The van der Waals surface area contributed by atoms with Crippen LogP contribution < -0.4 is 10.5 Å². The van der Waals surface area contributed by atoms with Gasteiger partial charge in [0.2, 0.25) is 10.0 Å². The Balaban J connectivity index is 2.66. The molecule has 1 aromatic carbocycles. The average molecular weight is 334 g/mol. The van der Waals surface area contributed by atoms with Gasteiger partial charge in [-0.2, -0.15) is 0 Å². The number of hydrogen-bond acceptors (Lipinski definition) is 4. The Bertz CT molecular complexity index is 565. The fourth-order valence-electron chi connectivity index (χ4n) is 1.79. The maximum absolute atomic E-state index is 12.2. The van der Waals surface area contributed by atoms with E-state index in [0.717, 1.165) is 13.0 Å². The van der Waals surface area contributed by atoms with Gasteiger partial charge in [-0.15, -0.1) is 0 Å². The predicted octanol–water partition coefficient (Wildman–Crippen LogP) is 2.24. The van der Waals surface area contributed by atoms with Gasteiger partial charge < -0.3 is 10.6 Å². The van der Waals surface area contributed by atoms with E-state index in [1.807, 2.05) is 7.05 Å². The minimum atomic E-state index is -3.55. The van der Waals surface area contributed by atoms with Crippen LogP contribution in [0, 0.1) is 6.92 Å². The minimum absolute atomic E-state index is 0.152. The van der Waals surface area contributed by atoms with Crippen LogP contribution in [0.5, 0.6) is 0 Å². The Labute approximate surface area is 132 Å². The van der Waals surface area contributed by atoms with E-state index >= 15 is 0 Å². The molecule has 0 aliphatic carbocycles. The number of nitrogens with one attached hydrogen (secondary N) is 1. The van der Waals surface area contributed by atoms with E-state index in [2.05, 4.69) is 23.5 Å². The highest BCUT2D eigenvalue weighted by molar-refractivity contribution is 7.89. The van der Waals surface area contributed by atoms with Crippen molar-refractivity contribution in [3.05, 3.63) is 22.7 Å². The second-order valence-electron chi connectivity index (χ2n) is 5.47. The molecule has 0 atom stereocenters. The van der Waals surface area contributed by atoms with Crippen LogP contribution in [-0.4, -0.2) is 39.5 Å². The molecule has 0 unspecified atom stereocenters. The molecule has 0 radical (unpaired) electrons. The Morgan fingerprint density at radius 1 is 1.38 bits per heavy atom. The molecule has 0 amide bonds. The molecule has 1 rings (SSSR count). The number of rotatable bonds is 7. The van der Waals surface area contributed by atoms with Gasteiger partial charge >= 0.3 is 0 Å². The van der Waals surface area contributed by atoms with E-state index < -0.39 is 10.0 Å². The molecule has 0 fully saturated rings. The van der Waals surface area contributed by atoms with Crippen molar-refractivity contribution < 1.29 is 8.42 Å². The van der Waals surface area contributed by atoms with Gasteiger partial charge in [0.1, 0.15) is 0 Å². The molecule has 21 heavy (non-hydrogen) atoms. The van der Waals surface area contributed by atoms with Gasteiger partial charge in [-0.1, -0.05) is 11.6 Å². The monoisotopic (exact) mass is 333 g/mol. The largest absolute Gasteiger partial charge is 0.397 e. The van der Waals surface area contributed by atoms with Crippen molar-refractivity contribution in [2.45, 2.75) is 38.1 Å². The third-order valence-electron chi connectivity index (χ3n) is 3.43. The van der Waals surface area contributed by atoms with Crippen LogP contribution in [-0.2, 0) is 10.0 Å². The van der Waals surface area contributed by atoms with Crippen LogP contribution in [0.15, 0.2) is 17.0 Å². The summed E-state index contributed by atoms with van der Waals surface area (Å²) in [5, 5.41) is 0.396. The molecule has 0 bridgehead atoms. The van der Waals surface area contributed by atoms with Crippen molar-refractivity contribution in [3.63, 3.8) is 0 Å². The fourth-order valence-corrected chi connectivity index (χ4v) is 3.10. The number of nitrogens with zero attached hydrogens (tertiary/aromatic N) is 1. The Hall–Kier alpha value is -0.820. The van der Waals surface area contributed by atoms with Gasteiger partial charge in [0, 0.05) is 12.6 Å². The maximum Gasteiger partial charge on any atom is 0.240 e. The van der Waals surface area contributed by atoms with Gasteiger partial charge in [-0.25, -0.2) is 13.1 Å². The second kappa shape index (κ2) is 7.45. The van der Waals surface area contributed by atoms with E-state index in [1.165, 1.54) is 12.1 Å². The van der Waals surface area contributed by atoms with Crippen molar-refractivity contribution in [1.82, 2.24) is 9.62 Å². The number of benzene rings is 1. The summed E-state index contributed by atoms with van der Waals surface area (Å²) in [6, 6.07) is 3.36.